The van der Waals surface area contributed by atoms with Crippen LogP contribution < -0.4 is 9.64 Å². The number of phenols is 1. The van der Waals surface area contributed by atoms with E-state index in [4.69, 9.17) is 4.74 Å². The Hall–Kier alpha value is -3.96. The second kappa shape index (κ2) is 9.35. The highest BCUT2D eigenvalue weighted by Gasteiger charge is 2.29. The molecule has 35 heavy (non-hydrogen) atoms. The van der Waals surface area contributed by atoms with E-state index in [0.29, 0.717) is 12.2 Å². The molecule has 1 aromatic heterocycles. The number of nitrogens with zero attached hydrogens (tertiary/aromatic N) is 1. The van der Waals surface area contributed by atoms with Gasteiger partial charge in [0.1, 0.15) is 17.2 Å². The van der Waals surface area contributed by atoms with Gasteiger partial charge in [0, 0.05) is 29.5 Å². The van der Waals surface area contributed by atoms with Crippen LogP contribution in [-0.2, 0) is 6.42 Å². The fourth-order valence-electron chi connectivity index (χ4n) is 4.86. The zero-order valence-electron chi connectivity index (χ0n) is 19.5. The van der Waals surface area contributed by atoms with Gasteiger partial charge in [-0.1, -0.05) is 36.4 Å². The molecule has 2 heterocycles. The van der Waals surface area contributed by atoms with Gasteiger partial charge >= 0.3 is 0 Å². The molecule has 176 valence electrons. The van der Waals surface area contributed by atoms with Crippen molar-refractivity contribution in [3.05, 3.63) is 90.1 Å². The van der Waals surface area contributed by atoms with Crippen LogP contribution in [-0.4, -0.2) is 36.0 Å². The highest BCUT2D eigenvalue weighted by Crippen LogP contribution is 2.41. The first-order valence-corrected chi connectivity index (χ1v) is 12.1. The number of alkyl halides is 1. The number of nitrogens with one attached hydrogen (secondary N) is 1. The minimum atomic E-state index is -0.0455. The first-order valence-electron chi connectivity index (χ1n) is 11.3. The van der Waals surface area contributed by atoms with Gasteiger partial charge in [0.15, 0.2) is 0 Å². The van der Waals surface area contributed by atoms with Crippen LogP contribution in [0.2, 0.25) is 0 Å². The summed E-state index contributed by atoms with van der Waals surface area (Å²) in [6.45, 7) is 0.635. The number of rotatable bonds is 3. The fourth-order valence-corrected chi connectivity index (χ4v) is 4.86. The molecular weight excluding hydrogens is 460 g/mol. The Labute approximate surface area is 208 Å². The summed E-state index contributed by atoms with van der Waals surface area (Å²) in [7, 11) is 1.64. The third kappa shape index (κ3) is 3.98. The molecule has 1 aliphatic rings. The highest BCUT2D eigenvalue weighted by atomic mass is 35.5. The number of ether oxygens (including phenoxy) is 1. The molecule has 0 saturated carbocycles. The number of aromatic nitrogens is 1. The number of halogens is 1. The average Bonchev–Trinajstić information content (AvgIpc) is 3.53. The van der Waals surface area contributed by atoms with Gasteiger partial charge in [-0.25, -0.2) is 0 Å². The Kier molecular flexibility index (Phi) is 6.10. The summed E-state index contributed by atoms with van der Waals surface area (Å²) in [5.74, 6) is 0.948. The van der Waals surface area contributed by atoms with Crippen molar-refractivity contribution in [1.29, 1.82) is 0 Å². The number of benzene rings is 4. The molecule has 0 spiro atoms. The van der Waals surface area contributed by atoms with E-state index < -0.39 is 0 Å². The number of hydrogen-bond donors (Lipinski definition) is 2. The first-order chi connectivity index (χ1) is 17.1. The summed E-state index contributed by atoms with van der Waals surface area (Å²) < 4.78 is 5.32. The van der Waals surface area contributed by atoms with E-state index in [1.54, 1.807) is 19.2 Å². The maximum absolute atomic E-state index is 13.6. The average molecular weight is 485 g/mol. The molecule has 0 unspecified atom stereocenters. The molecule has 2 N–H and O–H groups in total. The summed E-state index contributed by atoms with van der Waals surface area (Å²) >= 11 is 4.64. The molecule has 1 aliphatic heterocycles. The number of aromatic hydroxyl groups is 1. The van der Waals surface area contributed by atoms with Gasteiger partial charge in [-0.15, -0.1) is 11.6 Å². The Morgan fingerprint density at radius 2 is 1.71 bits per heavy atom. The van der Waals surface area contributed by atoms with Gasteiger partial charge in [-0.05, 0) is 76.3 Å². The van der Waals surface area contributed by atoms with Crippen molar-refractivity contribution in [3.63, 3.8) is 0 Å². The summed E-state index contributed by atoms with van der Waals surface area (Å²) in [4.78, 5) is 18.7. The lowest BCUT2D eigenvalue weighted by molar-refractivity contribution is 0.0985. The summed E-state index contributed by atoms with van der Waals surface area (Å²) in [5.41, 5.74) is 5.65. The van der Waals surface area contributed by atoms with Crippen molar-refractivity contribution >= 4 is 44.9 Å². The Morgan fingerprint density at radius 1 is 0.971 bits per heavy atom. The predicted molar refractivity (Wildman–Crippen MR) is 143 cm³/mol. The largest absolute Gasteiger partial charge is 0.508 e. The lowest BCUT2D eigenvalue weighted by Gasteiger charge is -2.19. The molecular formula is C29H25ClN2O3. The monoisotopic (exact) mass is 484 g/mol. The van der Waals surface area contributed by atoms with E-state index in [9.17, 15) is 9.90 Å². The van der Waals surface area contributed by atoms with Crippen molar-refractivity contribution in [1.82, 2.24) is 4.98 Å². The zero-order valence-corrected chi connectivity index (χ0v) is 20.3. The second-order valence-corrected chi connectivity index (χ2v) is 8.36. The van der Waals surface area contributed by atoms with Gasteiger partial charge in [0.05, 0.1) is 7.11 Å². The third-order valence-electron chi connectivity index (χ3n) is 6.49. The first kappa shape index (κ1) is 22.8. The molecule has 6 rings (SSSR count). The van der Waals surface area contributed by atoms with Crippen LogP contribution in [0.1, 0.15) is 16.1 Å². The van der Waals surface area contributed by atoms with Crippen molar-refractivity contribution in [2.45, 2.75) is 6.42 Å². The summed E-state index contributed by atoms with van der Waals surface area (Å²) in [5, 5.41) is 13.0. The van der Waals surface area contributed by atoms with Gasteiger partial charge in [-0.3, -0.25) is 4.79 Å². The van der Waals surface area contributed by atoms with E-state index in [1.165, 1.54) is 11.9 Å². The Balaban J connectivity index is 0.00000124. The molecule has 0 saturated heterocycles. The van der Waals surface area contributed by atoms with Crippen molar-refractivity contribution < 1.29 is 14.6 Å². The van der Waals surface area contributed by atoms with Crippen LogP contribution in [0.15, 0.2) is 78.9 Å². The number of carbonyl (C=O) groups is 1. The molecule has 0 fully saturated rings. The van der Waals surface area contributed by atoms with E-state index in [-0.39, 0.29) is 11.7 Å². The highest BCUT2D eigenvalue weighted by molar-refractivity contribution is 6.15. The molecule has 0 aliphatic carbocycles. The van der Waals surface area contributed by atoms with Crippen LogP contribution in [0.3, 0.4) is 0 Å². The van der Waals surface area contributed by atoms with E-state index >= 15 is 0 Å². The Bertz CT molecular complexity index is 1540. The number of fused-ring (bicyclic) bond motifs is 4. The van der Waals surface area contributed by atoms with E-state index in [2.05, 4.69) is 34.8 Å². The lowest BCUT2D eigenvalue weighted by Crippen LogP contribution is -2.29. The smallest absolute Gasteiger partial charge is 0.274 e. The number of carbonyl (C=O) groups excluding carboxylic acids is 1. The maximum atomic E-state index is 13.6. The molecule has 6 heteroatoms. The van der Waals surface area contributed by atoms with Crippen molar-refractivity contribution in [3.8, 4) is 22.6 Å². The van der Waals surface area contributed by atoms with Crippen LogP contribution in [0, 0.1) is 0 Å². The summed E-state index contributed by atoms with van der Waals surface area (Å²) in [6.07, 6.45) is 2.28. The standard InChI is InChI=1S/C28H22N2O3.CH3Cl/c1-33-20-10-11-25-18(14-20)15-26(29-25)28(32)30-13-12-23-21-4-2-3-5-22(21)24(16-27(23)30)17-6-8-19(31)9-7-17;1-2/h2-11,14-16,29,31H,12-13H2,1H3;1H3. The molecule has 1 amide bonds. The molecule has 0 atom stereocenters. The molecule has 0 bridgehead atoms. The van der Waals surface area contributed by atoms with E-state index in [1.807, 2.05) is 53.4 Å². The number of anilines is 1. The molecule has 4 aromatic carbocycles. The van der Waals surface area contributed by atoms with Gasteiger partial charge in [-0.2, -0.15) is 0 Å². The van der Waals surface area contributed by atoms with Crippen molar-refractivity contribution in [2.24, 2.45) is 0 Å². The van der Waals surface area contributed by atoms with Gasteiger partial charge < -0.3 is 19.7 Å². The number of amides is 1. The lowest BCUT2D eigenvalue weighted by atomic mass is 9.93. The SMILES string of the molecule is CCl.COc1ccc2[nH]c(C(=O)N3CCc4c3cc(-c3ccc(O)cc3)c3ccccc43)cc2c1. The van der Waals surface area contributed by atoms with Gasteiger partial charge in [0.25, 0.3) is 5.91 Å². The number of aromatic amines is 1. The second-order valence-electron chi connectivity index (χ2n) is 8.36. The van der Waals surface area contributed by atoms with Crippen LogP contribution in [0.25, 0.3) is 32.8 Å². The number of phenolic OH excluding ortho intramolecular Hbond substituents is 1. The third-order valence-corrected chi connectivity index (χ3v) is 6.49. The zero-order chi connectivity index (χ0) is 24.5. The fraction of sp³-hybridized carbons (Fsp3) is 0.138. The minimum absolute atomic E-state index is 0.0455. The van der Waals surface area contributed by atoms with Gasteiger partial charge in [0.2, 0.25) is 0 Å². The topological polar surface area (TPSA) is 65.6 Å². The van der Waals surface area contributed by atoms with Crippen LogP contribution in [0.5, 0.6) is 11.5 Å². The quantitative estimate of drug-likeness (QED) is 0.278. The summed E-state index contributed by atoms with van der Waals surface area (Å²) in [6, 6.07) is 25.3. The number of H-pyrrole nitrogens is 1. The van der Waals surface area contributed by atoms with E-state index in [0.717, 1.165) is 50.7 Å². The normalized spacial score (nSPS) is 12.4. The Morgan fingerprint density at radius 3 is 2.46 bits per heavy atom. The van der Waals surface area contributed by atoms with Crippen LogP contribution >= 0.6 is 11.6 Å². The number of hydrogen-bond acceptors (Lipinski definition) is 3. The molecule has 0 radical (unpaired) electrons. The van der Waals surface area contributed by atoms with Crippen molar-refractivity contribution in [2.75, 3.05) is 24.9 Å². The maximum Gasteiger partial charge on any atom is 0.274 e. The predicted octanol–water partition coefficient (Wildman–Crippen LogP) is 6.76. The minimum Gasteiger partial charge on any atom is -0.508 e. The molecule has 5 aromatic rings. The van der Waals surface area contributed by atoms with Crippen LogP contribution in [0.4, 0.5) is 5.69 Å². The molecule has 5 nitrogen and oxygen atoms in total. The number of methoxy groups -OCH3 is 1.